The van der Waals surface area contributed by atoms with Crippen molar-refractivity contribution in [1.29, 1.82) is 0 Å². The van der Waals surface area contributed by atoms with Crippen LogP contribution in [-0.2, 0) is 4.74 Å². The molecule has 6 nitrogen and oxygen atoms in total. The third kappa shape index (κ3) is 5.59. The second-order valence-electron chi connectivity index (χ2n) is 5.89. The predicted molar refractivity (Wildman–Crippen MR) is 85.4 cm³/mol. The smallest absolute Gasteiger partial charge is 0.341 e. The number of nitrogens with two attached hydrogens (primary N) is 1. The quantitative estimate of drug-likeness (QED) is 0.747. The molecule has 0 aliphatic heterocycles. The SMILES string of the molecule is COC(=O)c1cc(N)cnc1NC(CC(C)C)CN(C)C. The standard InChI is InChI=1S/C15H26N4O2/c1-10(2)6-12(9-19(3)4)18-14-13(15(20)21-5)7-11(16)8-17-14/h7-8,10,12H,6,9,16H2,1-5H3,(H,17,18). The van der Waals surface area contributed by atoms with Crippen molar-refractivity contribution in [1.82, 2.24) is 9.88 Å². The fourth-order valence-corrected chi connectivity index (χ4v) is 2.24. The highest BCUT2D eigenvalue weighted by Crippen LogP contribution is 2.19. The number of nitrogens with one attached hydrogen (secondary N) is 1. The topological polar surface area (TPSA) is 80.5 Å². The zero-order valence-electron chi connectivity index (χ0n) is 13.5. The van der Waals surface area contributed by atoms with Crippen LogP contribution in [0.5, 0.6) is 0 Å². The van der Waals surface area contributed by atoms with Crippen LogP contribution in [0.1, 0.15) is 30.6 Å². The molecule has 0 spiro atoms. The zero-order chi connectivity index (χ0) is 16.0. The van der Waals surface area contributed by atoms with E-state index in [0.717, 1.165) is 13.0 Å². The second kappa shape index (κ2) is 7.83. The summed E-state index contributed by atoms with van der Waals surface area (Å²) in [7, 11) is 5.39. The van der Waals surface area contributed by atoms with E-state index in [1.807, 2.05) is 14.1 Å². The Bertz CT molecular complexity index is 465. The molecule has 0 amide bonds. The summed E-state index contributed by atoms with van der Waals surface area (Å²) in [6.45, 7) is 5.19. The van der Waals surface area contributed by atoms with E-state index in [2.05, 4.69) is 29.0 Å². The Morgan fingerprint density at radius 2 is 2.14 bits per heavy atom. The van der Waals surface area contributed by atoms with E-state index in [4.69, 9.17) is 10.5 Å². The third-order valence-corrected chi connectivity index (χ3v) is 3.00. The minimum Gasteiger partial charge on any atom is -0.465 e. The van der Waals surface area contributed by atoms with Crippen LogP contribution < -0.4 is 11.1 Å². The Hall–Kier alpha value is -1.82. The highest BCUT2D eigenvalue weighted by Gasteiger charge is 2.18. The first-order valence-electron chi connectivity index (χ1n) is 7.08. The maximum absolute atomic E-state index is 11.8. The van der Waals surface area contributed by atoms with Gasteiger partial charge in [-0.1, -0.05) is 13.8 Å². The molecule has 6 heteroatoms. The lowest BCUT2D eigenvalue weighted by Crippen LogP contribution is -2.34. The molecule has 118 valence electrons. The number of hydrogen-bond acceptors (Lipinski definition) is 6. The Morgan fingerprint density at radius 3 is 2.67 bits per heavy atom. The molecule has 0 bridgehead atoms. The molecule has 0 fully saturated rings. The molecule has 0 aliphatic rings. The average Bonchev–Trinajstić information content (AvgIpc) is 2.38. The van der Waals surface area contributed by atoms with Gasteiger partial charge in [0.1, 0.15) is 11.4 Å². The van der Waals surface area contributed by atoms with Gasteiger partial charge in [0, 0.05) is 12.6 Å². The Labute approximate surface area is 126 Å². The van der Waals surface area contributed by atoms with Gasteiger partial charge >= 0.3 is 5.97 Å². The van der Waals surface area contributed by atoms with E-state index in [1.54, 1.807) is 6.07 Å². The lowest BCUT2D eigenvalue weighted by Gasteiger charge is -2.25. The first-order chi connectivity index (χ1) is 9.83. The molecule has 21 heavy (non-hydrogen) atoms. The van der Waals surface area contributed by atoms with Gasteiger partial charge in [0.05, 0.1) is 19.0 Å². The first kappa shape index (κ1) is 17.2. The molecule has 0 radical (unpaired) electrons. The number of aromatic nitrogens is 1. The van der Waals surface area contributed by atoms with E-state index in [-0.39, 0.29) is 6.04 Å². The Morgan fingerprint density at radius 1 is 1.48 bits per heavy atom. The number of pyridine rings is 1. The van der Waals surface area contributed by atoms with Crippen molar-refractivity contribution in [2.75, 3.05) is 38.8 Å². The van der Waals surface area contributed by atoms with Crippen molar-refractivity contribution < 1.29 is 9.53 Å². The molecule has 3 N–H and O–H groups in total. The minimum absolute atomic E-state index is 0.194. The molecule has 1 atom stereocenters. The van der Waals surface area contributed by atoms with Gasteiger partial charge in [0.25, 0.3) is 0 Å². The van der Waals surface area contributed by atoms with Crippen LogP contribution in [0, 0.1) is 5.92 Å². The van der Waals surface area contributed by atoms with Gasteiger partial charge in [-0.05, 0) is 32.5 Å². The summed E-state index contributed by atoms with van der Waals surface area (Å²) in [5, 5.41) is 3.34. The number of nitrogen functional groups attached to an aromatic ring is 1. The van der Waals surface area contributed by atoms with Crippen molar-refractivity contribution in [3.05, 3.63) is 17.8 Å². The number of carbonyl (C=O) groups is 1. The van der Waals surface area contributed by atoms with Gasteiger partial charge in [-0.2, -0.15) is 0 Å². The van der Waals surface area contributed by atoms with Crippen molar-refractivity contribution in [3.63, 3.8) is 0 Å². The van der Waals surface area contributed by atoms with Crippen molar-refractivity contribution in [2.24, 2.45) is 5.92 Å². The van der Waals surface area contributed by atoms with Gasteiger partial charge in [-0.3, -0.25) is 0 Å². The third-order valence-electron chi connectivity index (χ3n) is 3.00. The number of esters is 1. The van der Waals surface area contributed by atoms with Crippen LogP contribution in [0.25, 0.3) is 0 Å². The predicted octanol–water partition coefficient (Wildman–Crippen LogP) is 1.84. The van der Waals surface area contributed by atoms with Crippen LogP contribution in [0.4, 0.5) is 11.5 Å². The van der Waals surface area contributed by atoms with Crippen LogP contribution in [0.15, 0.2) is 12.3 Å². The fourth-order valence-electron chi connectivity index (χ4n) is 2.24. The number of nitrogens with zero attached hydrogens (tertiary/aromatic N) is 2. The average molecular weight is 294 g/mol. The number of likely N-dealkylation sites (N-methyl/N-ethyl adjacent to an activating group) is 1. The van der Waals surface area contributed by atoms with Crippen molar-refractivity contribution in [2.45, 2.75) is 26.3 Å². The zero-order valence-corrected chi connectivity index (χ0v) is 13.5. The van der Waals surface area contributed by atoms with Gasteiger partial charge in [0.15, 0.2) is 0 Å². The summed E-state index contributed by atoms with van der Waals surface area (Å²) in [5.74, 6) is 0.617. The molecular formula is C15H26N4O2. The number of rotatable bonds is 7. The summed E-state index contributed by atoms with van der Waals surface area (Å²) >= 11 is 0. The highest BCUT2D eigenvalue weighted by atomic mass is 16.5. The van der Waals surface area contributed by atoms with Crippen molar-refractivity contribution >= 4 is 17.5 Å². The fraction of sp³-hybridized carbons (Fsp3) is 0.600. The van der Waals surface area contributed by atoms with Gasteiger partial charge in [0.2, 0.25) is 0 Å². The van der Waals surface area contributed by atoms with E-state index in [9.17, 15) is 4.79 Å². The van der Waals surface area contributed by atoms with Gasteiger partial charge < -0.3 is 20.7 Å². The number of anilines is 2. The second-order valence-corrected chi connectivity index (χ2v) is 5.89. The minimum atomic E-state index is -0.439. The number of hydrogen-bond donors (Lipinski definition) is 2. The van der Waals surface area contributed by atoms with E-state index < -0.39 is 5.97 Å². The maximum Gasteiger partial charge on any atom is 0.341 e. The number of methoxy groups -OCH3 is 1. The molecule has 1 unspecified atom stereocenters. The van der Waals surface area contributed by atoms with Gasteiger partial charge in [-0.25, -0.2) is 9.78 Å². The van der Waals surface area contributed by atoms with Gasteiger partial charge in [-0.15, -0.1) is 0 Å². The summed E-state index contributed by atoms with van der Waals surface area (Å²) in [6.07, 6.45) is 2.52. The van der Waals surface area contributed by atoms with Crippen LogP contribution in [0.3, 0.4) is 0 Å². The normalized spacial score (nSPS) is 12.5. The van der Waals surface area contributed by atoms with E-state index >= 15 is 0 Å². The molecule has 0 aliphatic carbocycles. The molecule has 0 saturated heterocycles. The molecule has 1 heterocycles. The highest BCUT2D eigenvalue weighted by molar-refractivity contribution is 5.95. The molecule has 1 rings (SSSR count). The van der Waals surface area contributed by atoms with Crippen LogP contribution >= 0.6 is 0 Å². The number of ether oxygens (including phenoxy) is 1. The molecule has 0 saturated carbocycles. The molecule has 0 aromatic carbocycles. The largest absolute Gasteiger partial charge is 0.465 e. The Balaban J connectivity index is 2.99. The van der Waals surface area contributed by atoms with E-state index in [0.29, 0.717) is 23.0 Å². The maximum atomic E-state index is 11.8. The Kier molecular flexibility index (Phi) is 6.42. The van der Waals surface area contributed by atoms with E-state index in [1.165, 1.54) is 13.3 Å². The lowest BCUT2D eigenvalue weighted by molar-refractivity contribution is 0.0601. The molecule has 1 aromatic rings. The lowest BCUT2D eigenvalue weighted by atomic mass is 10.0. The summed E-state index contributed by atoms with van der Waals surface area (Å²) in [4.78, 5) is 18.2. The van der Waals surface area contributed by atoms with Crippen molar-refractivity contribution in [3.8, 4) is 0 Å². The monoisotopic (exact) mass is 294 g/mol. The molecular weight excluding hydrogens is 268 g/mol. The summed E-state index contributed by atoms with van der Waals surface area (Å²) in [6, 6.07) is 1.78. The summed E-state index contributed by atoms with van der Waals surface area (Å²) in [5.41, 5.74) is 6.51. The van der Waals surface area contributed by atoms with Crippen LogP contribution in [0.2, 0.25) is 0 Å². The first-order valence-corrected chi connectivity index (χ1v) is 7.08. The molecule has 1 aromatic heterocycles. The summed E-state index contributed by atoms with van der Waals surface area (Å²) < 4.78 is 4.79. The van der Waals surface area contributed by atoms with Crippen LogP contribution in [-0.4, -0.2) is 49.6 Å². The number of carbonyl (C=O) groups excluding carboxylic acids is 1.